The smallest absolute Gasteiger partial charge is 0.225 e. The lowest BCUT2D eigenvalue weighted by atomic mass is 9.48. The molecule has 0 aliphatic heterocycles. The molecule has 0 radical (unpaired) electrons. The predicted octanol–water partition coefficient (Wildman–Crippen LogP) is 3.03. The minimum absolute atomic E-state index is 0.121. The highest BCUT2D eigenvalue weighted by Gasteiger charge is 2.51. The molecule has 0 unspecified atom stereocenters. The van der Waals surface area contributed by atoms with Crippen molar-refractivity contribution in [3.05, 3.63) is 29.8 Å². The largest absolute Gasteiger partial charge is 0.326 e. The maximum absolute atomic E-state index is 12.0. The van der Waals surface area contributed by atoms with Crippen LogP contribution in [0.2, 0.25) is 0 Å². The lowest BCUT2D eigenvalue weighted by Crippen LogP contribution is -2.48. The third-order valence-electron chi connectivity index (χ3n) is 6.54. The number of rotatable bonds is 6. The summed E-state index contributed by atoms with van der Waals surface area (Å²) in [6.07, 6.45) is 9.54. The maximum atomic E-state index is 12.0. The van der Waals surface area contributed by atoms with Gasteiger partial charge in [0.1, 0.15) is 0 Å². The lowest BCUT2D eigenvalue weighted by Gasteiger charge is -2.57. The number of nitrogens with one attached hydrogen (secondary N) is 2. The fraction of sp³-hybridized carbons (Fsp3) is 0.650. The van der Waals surface area contributed by atoms with Crippen LogP contribution in [0, 0.1) is 17.8 Å². The van der Waals surface area contributed by atoms with E-state index in [4.69, 9.17) is 0 Å². The summed E-state index contributed by atoms with van der Waals surface area (Å²) in [6.45, 7) is 0.121. The second kappa shape index (κ2) is 6.64. The molecular formula is C20H28N2O3S. The van der Waals surface area contributed by atoms with Crippen LogP contribution >= 0.6 is 0 Å². The topological polar surface area (TPSA) is 75.3 Å². The van der Waals surface area contributed by atoms with Crippen molar-refractivity contribution in [2.75, 3.05) is 18.1 Å². The predicted molar refractivity (Wildman–Crippen MR) is 102 cm³/mol. The number of carbonyl (C=O) groups is 1. The van der Waals surface area contributed by atoms with Crippen molar-refractivity contribution in [3.63, 3.8) is 0 Å². The number of hydrogen-bond donors (Lipinski definition) is 2. The van der Waals surface area contributed by atoms with E-state index < -0.39 is 10.0 Å². The van der Waals surface area contributed by atoms with Crippen LogP contribution in [-0.2, 0) is 20.2 Å². The molecule has 4 aliphatic carbocycles. The second-order valence-electron chi connectivity index (χ2n) is 8.74. The van der Waals surface area contributed by atoms with Crippen LogP contribution in [-0.4, -0.2) is 27.1 Å². The molecule has 5 nitrogen and oxygen atoms in total. The Morgan fingerprint density at radius 2 is 1.58 bits per heavy atom. The van der Waals surface area contributed by atoms with E-state index in [1.807, 2.05) is 12.1 Å². The van der Waals surface area contributed by atoms with E-state index in [0.717, 1.165) is 29.7 Å². The third-order valence-corrected chi connectivity index (χ3v) is 7.26. The molecule has 0 aromatic heterocycles. The average Bonchev–Trinajstić information content (AvgIpc) is 2.53. The first-order valence-electron chi connectivity index (χ1n) is 9.66. The van der Waals surface area contributed by atoms with Gasteiger partial charge >= 0.3 is 0 Å². The van der Waals surface area contributed by atoms with Gasteiger partial charge < -0.3 is 5.32 Å². The molecule has 4 bridgehead atoms. The molecule has 4 fully saturated rings. The van der Waals surface area contributed by atoms with Gasteiger partial charge in [-0.1, -0.05) is 12.1 Å². The summed E-state index contributed by atoms with van der Waals surface area (Å²) in [5.74, 6) is 2.58. The van der Waals surface area contributed by atoms with E-state index in [1.54, 1.807) is 0 Å². The van der Waals surface area contributed by atoms with Gasteiger partial charge in [0.25, 0.3) is 0 Å². The summed E-state index contributed by atoms with van der Waals surface area (Å²) in [6, 6.07) is 8.38. The van der Waals surface area contributed by atoms with Crippen molar-refractivity contribution in [3.8, 4) is 0 Å². The van der Waals surface area contributed by atoms with Gasteiger partial charge in [-0.2, -0.15) is 0 Å². The Hall–Kier alpha value is -1.40. The molecule has 2 N–H and O–H groups in total. The molecule has 0 atom stereocenters. The van der Waals surface area contributed by atoms with Crippen molar-refractivity contribution in [2.45, 2.75) is 50.4 Å². The zero-order chi connectivity index (χ0) is 18.4. The monoisotopic (exact) mass is 376 g/mol. The lowest BCUT2D eigenvalue weighted by molar-refractivity contribution is -0.116. The van der Waals surface area contributed by atoms with Gasteiger partial charge in [0.15, 0.2) is 0 Å². The SMILES string of the molecule is CS(=O)(=O)NCCC(=O)Nc1ccc(C23CC4CC(CC(C4)C2)C3)cc1. The molecular weight excluding hydrogens is 348 g/mol. The van der Waals surface area contributed by atoms with Crippen LogP contribution in [0.5, 0.6) is 0 Å². The molecule has 0 spiro atoms. The van der Waals surface area contributed by atoms with Gasteiger partial charge in [-0.3, -0.25) is 4.79 Å². The Bertz CT molecular complexity index is 750. The first-order chi connectivity index (χ1) is 12.3. The number of sulfonamides is 1. The van der Waals surface area contributed by atoms with Crippen molar-refractivity contribution in [1.82, 2.24) is 4.72 Å². The minimum atomic E-state index is -3.25. The average molecular weight is 377 g/mol. The van der Waals surface area contributed by atoms with Crippen molar-refractivity contribution >= 4 is 21.6 Å². The van der Waals surface area contributed by atoms with Crippen LogP contribution in [0.1, 0.15) is 50.5 Å². The fourth-order valence-electron chi connectivity index (χ4n) is 5.94. The number of amides is 1. The van der Waals surface area contributed by atoms with Gasteiger partial charge in [-0.05, 0) is 79.4 Å². The normalized spacial score (nSPS) is 32.6. The second-order valence-corrected chi connectivity index (χ2v) is 10.6. The fourth-order valence-corrected chi connectivity index (χ4v) is 6.42. The summed E-state index contributed by atoms with van der Waals surface area (Å²) in [5, 5.41) is 2.86. The van der Waals surface area contributed by atoms with Crippen molar-refractivity contribution in [2.24, 2.45) is 17.8 Å². The summed E-state index contributed by atoms with van der Waals surface area (Å²) in [7, 11) is -3.25. The highest BCUT2D eigenvalue weighted by molar-refractivity contribution is 7.88. The van der Waals surface area contributed by atoms with E-state index in [-0.39, 0.29) is 18.9 Å². The molecule has 6 heteroatoms. The molecule has 26 heavy (non-hydrogen) atoms. The first kappa shape index (κ1) is 18.0. The molecule has 0 heterocycles. The molecule has 142 valence electrons. The van der Waals surface area contributed by atoms with E-state index in [9.17, 15) is 13.2 Å². The number of benzene rings is 1. The van der Waals surface area contributed by atoms with Crippen LogP contribution in [0.15, 0.2) is 24.3 Å². The van der Waals surface area contributed by atoms with Gasteiger partial charge in [0.2, 0.25) is 15.9 Å². The number of hydrogen-bond acceptors (Lipinski definition) is 3. The van der Waals surface area contributed by atoms with Gasteiger partial charge in [0, 0.05) is 18.7 Å². The Morgan fingerprint density at radius 1 is 1.04 bits per heavy atom. The summed E-state index contributed by atoms with van der Waals surface area (Å²) >= 11 is 0. The highest BCUT2D eigenvalue weighted by atomic mass is 32.2. The van der Waals surface area contributed by atoms with E-state index in [0.29, 0.717) is 5.41 Å². The van der Waals surface area contributed by atoms with Gasteiger partial charge in [0.05, 0.1) is 6.26 Å². The van der Waals surface area contributed by atoms with E-state index >= 15 is 0 Å². The minimum Gasteiger partial charge on any atom is -0.326 e. The molecule has 1 amide bonds. The summed E-state index contributed by atoms with van der Waals surface area (Å²) in [4.78, 5) is 12.0. The van der Waals surface area contributed by atoms with Gasteiger partial charge in [-0.25, -0.2) is 13.1 Å². The highest BCUT2D eigenvalue weighted by Crippen LogP contribution is 2.60. The Kier molecular flexibility index (Phi) is 4.59. The molecule has 1 aromatic rings. The zero-order valence-electron chi connectivity index (χ0n) is 15.3. The molecule has 0 saturated heterocycles. The van der Waals surface area contributed by atoms with Crippen LogP contribution in [0.25, 0.3) is 0 Å². The Balaban J connectivity index is 1.37. The number of anilines is 1. The molecule has 4 saturated carbocycles. The Morgan fingerprint density at radius 3 is 2.08 bits per heavy atom. The summed E-state index contributed by atoms with van der Waals surface area (Å²) in [5.41, 5.74) is 2.59. The van der Waals surface area contributed by atoms with Crippen LogP contribution in [0.3, 0.4) is 0 Å². The van der Waals surface area contributed by atoms with Gasteiger partial charge in [-0.15, -0.1) is 0 Å². The quantitative estimate of drug-likeness (QED) is 0.801. The zero-order valence-corrected chi connectivity index (χ0v) is 16.1. The van der Waals surface area contributed by atoms with Crippen molar-refractivity contribution < 1.29 is 13.2 Å². The molecule has 1 aromatic carbocycles. The molecule has 5 rings (SSSR count). The Labute approximate surface area is 156 Å². The van der Waals surface area contributed by atoms with Crippen LogP contribution in [0.4, 0.5) is 5.69 Å². The van der Waals surface area contributed by atoms with E-state index in [2.05, 4.69) is 22.2 Å². The van der Waals surface area contributed by atoms with Crippen molar-refractivity contribution in [1.29, 1.82) is 0 Å². The van der Waals surface area contributed by atoms with E-state index in [1.165, 1.54) is 44.1 Å². The molecule has 4 aliphatic rings. The standard InChI is InChI=1S/C20H28N2O3S/c1-26(24,25)21-7-6-19(23)22-18-4-2-17(3-5-18)20-11-14-8-15(12-20)10-16(9-14)13-20/h2-5,14-16,21H,6-13H2,1H3,(H,22,23). The summed E-state index contributed by atoms with van der Waals surface area (Å²) < 4.78 is 24.4. The third kappa shape index (κ3) is 3.81. The van der Waals surface area contributed by atoms with Crippen LogP contribution < -0.4 is 10.0 Å². The maximum Gasteiger partial charge on any atom is 0.225 e. The first-order valence-corrected chi connectivity index (χ1v) is 11.6. The number of carbonyl (C=O) groups excluding carboxylic acids is 1.